The highest BCUT2D eigenvalue weighted by atomic mass is 28.3. The van der Waals surface area contributed by atoms with E-state index in [9.17, 15) is 0 Å². The number of rotatable bonds is 10. The van der Waals surface area contributed by atoms with Crippen LogP contribution in [0.3, 0.4) is 0 Å². The van der Waals surface area contributed by atoms with Crippen molar-refractivity contribution in [3.8, 4) is 0 Å². The summed E-state index contributed by atoms with van der Waals surface area (Å²) in [4.78, 5) is 14.3. The third kappa shape index (κ3) is 6.11. The van der Waals surface area contributed by atoms with Crippen molar-refractivity contribution in [3.05, 3.63) is 73.5 Å². The van der Waals surface area contributed by atoms with Crippen LogP contribution in [0.25, 0.3) is 0 Å². The number of anilines is 6. The maximum atomic E-state index is 2.60. The van der Waals surface area contributed by atoms with Crippen LogP contribution in [-0.2, 0) is 0 Å². The van der Waals surface area contributed by atoms with Crippen molar-refractivity contribution in [2.45, 2.75) is 69.2 Å². The summed E-state index contributed by atoms with van der Waals surface area (Å²) in [6.45, 7) is 23.6. The number of hydrogen-bond donors (Lipinski definition) is 0. The molecule has 0 fully saturated rings. The molecule has 3 aromatic carbocycles. The molecule has 0 saturated carbocycles. The summed E-state index contributed by atoms with van der Waals surface area (Å²) in [6, 6.07) is 7.81. The quantitative estimate of drug-likeness (QED) is 0.161. The minimum atomic E-state index is -3.28. The molecule has 1 aliphatic carbocycles. The second-order valence-electron chi connectivity index (χ2n) is 16.9. The monoisotopic (exact) mass is 723 g/mol. The molecule has 0 bridgehead atoms. The Labute approximate surface area is 319 Å². The van der Waals surface area contributed by atoms with E-state index in [-0.39, 0.29) is 5.92 Å². The SMILES string of the molecule is CC1=C(C)C(C)C([Si](c2cc(C)c(C)c(N(C)C)c2N(C)C)(c2cc(C)c(C)c(N(C)C)c2N(C)C)c2cc(C)c(C)c(N(C)C)c2N(C)C)=C1C. The zero-order valence-electron chi connectivity index (χ0n) is 37.0. The Morgan fingerprint density at radius 3 is 0.827 bits per heavy atom. The van der Waals surface area contributed by atoms with Crippen molar-refractivity contribution < 1.29 is 0 Å². The minimum absolute atomic E-state index is 0.268. The van der Waals surface area contributed by atoms with Crippen molar-refractivity contribution in [1.29, 1.82) is 0 Å². The standard InChI is InChI=1S/C45H70N6Si/c1-26-23-36(42(49(17)18)39(29(26)4)46(11)12)52(45-34(9)32(7)33(8)35(45)10,37-24-27(2)30(5)40(47(13)14)43(37)50(19)20)38-25-28(3)31(6)41(48(15)16)44(38)51(21)22/h23-25,34H,1-22H3. The third-order valence-corrected chi connectivity index (χ3v) is 17.5. The van der Waals surface area contributed by atoms with Gasteiger partial charge in [0.05, 0.1) is 34.1 Å². The van der Waals surface area contributed by atoms with Gasteiger partial charge in [-0.05, 0) is 123 Å². The number of benzene rings is 3. The Morgan fingerprint density at radius 2 is 0.635 bits per heavy atom. The van der Waals surface area contributed by atoms with Crippen LogP contribution in [-0.4, -0.2) is 92.6 Å². The summed E-state index contributed by atoms with van der Waals surface area (Å²) in [6.07, 6.45) is 0. The lowest BCUT2D eigenvalue weighted by molar-refractivity contribution is 0.851. The summed E-state index contributed by atoms with van der Waals surface area (Å²) in [5.41, 5.74) is 20.2. The zero-order valence-corrected chi connectivity index (χ0v) is 38.0. The van der Waals surface area contributed by atoms with Crippen LogP contribution in [0.5, 0.6) is 0 Å². The molecule has 0 aromatic heterocycles. The summed E-state index contributed by atoms with van der Waals surface area (Å²) < 4.78 is 0. The lowest BCUT2D eigenvalue weighted by atomic mass is 10.0. The van der Waals surface area contributed by atoms with Gasteiger partial charge >= 0.3 is 0 Å². The van der Waals surface area contributed by atoms with Crippen LogP contribution in [0.2, 0.25) is 0 Å². The van der Waals surface area contributed by atoms with E-state index in [1.807, 2.05) is 0 Å². The maximum Gasteiger partial charge on any atom is 0.183 e. The Morgan fingerprint density at radius 1 is 0.385 bits per heavy atom. The van der Waals surface area contributed by atoms with E-state index < -0.39 is 8.07 Å². The molecule has 0 N–H and O–H groups in total. The van der Waals surface area contributed by atoms with Crippen LogP contribution < -0.4 is 45.0 Å². The van der Waals surface area contributed by atoms with Gasteiger partial charge in [0.1, 0.15) is 0 Å². The van der Waals surface area contributed by atoms with Crippen molar-refractivity contribution in [2.24, 2.45) is 5.92 Å². The fourth-order valence-electron chi connectivity index (χ4n) is 9.35. The molecule has 7 heteroatoms. The Hall–Kier alpha value is -3.84. The molecule has 0 radical (unpaired) electrons. The van der Waals surface area contributed by atoms with Crippen molar-refractivity contribution in [2.75, 3.05) is 114 Å². The van der Waals surface area contributed by atoms with Crippen LogP contribution in [0.15, 0.2) is 40.1 Å². The van der Waals surface area contributed by atoms with Crippen LogP contribution in [0.4, 0.5) is 34.1 Å². The van der Waals surface area contributed by atoms with Gasteiger partial charge in [0.25, 0.3) is 0 Å². The van der Waals surface area contributed by atoms with Gasteiger partial charge in [0.2, 0.25) is 0 Å². The molecule has 3 aromatic rings. The molecule has 0 saturated heterocycles. The van der Waals surface area contributed by atoms with E-state index in [1.54, 1.807) is 5.20 Å². The molecule has 1 unspecified atom stereocenters. The summed E-state index contributed by atoms with van der Waals surface area (Å²) in [7, 11) is 23.6. The molecular weight excluding hydrogens is 653 g/mol. The molecule has 0 spiro atoms. The zero-order chi connectivity index (χ0) is 39.6. The van der Waals surface area contributed by atoms with Gasteiger partial charge in [0.15, 0.2) is 8.07 Å². The predicted molar refractivity (Wildman–Crippen MR) is 239 cm³/mol. The van der Waals surface area contributed by atoms with E-state index in [1.165, 1.54) is 99.8 Å². The molecule has 52 heavy (non-hydrogen) atoms. The predicted octanol–water partition coefficient (Wildman–Crippen LogP) is 7.25. The van der Waals surface area contributed by atoms with E-state index in [0.29, 0.717) is 0 Å². The molecule has 284 valence electrons. The lowest BCUT2D eigenvalue weighted by Crippen LogP contribution is -2.72. The van der Waals surface area contributed by atoms with Crippen LogP contribution in [0.1, 0.15) is 61.1 Å². The maximum absolute atomic E-state index is 3.28. The summed E-state index contributed by atoms with van der Waals surface area (Å²) in [5.74, 6) is 0.268. The summed E-state index contributed by atoms with van der Waals surface area (Å²) >= 11 is 0. The van der Waals surface area contributed by atoms with E-state index in [2.05, 4.69) is 201 Å². The molecule has 1 aliphatic rings. The van der Waals surface area contributed by atoms with Gasteiger partial charge in [-0.3, -0.25) is 0 Å². The van der Waals surface area contributed by atoms with Crippen LogP contribution in [0, 0.1) is 47.5 Å². The molecular formula is C45H70N6Si. The Balaban J connectivity index is 2.70. The number of hydrogen-bond acceptors (Lipinski definition) is 6. The highest BCUT2D eigenvalue weighted by Gasteiger charge is 2.54. The molecule has 0 amide bonds. The highest BCUT2D eigenvalue weighted by Crippen LogP contribution is 2.47. The van der Waals surface area contributed by atoms with Crippen molar-refractivity contribution >= 4 is 57.8 Å². The first-order valence-electron chi connectivity index (χ1n) is 18.8. The van der Waals surface area contributed by atoms with Crippen molar-refractivity contribution in [1.82, 2.24) is 0 Å². The fraction of sp³-hybridized carbons (Fsp3) is 0.511. The largest absolute Gasteiger partial charge is 0.376 e. The topological polar surface area (TPSA) is 19.4 Å². The number of aryl methyl sites for hydroxylation is 3. The molecule has 4 rings (SSSR count). The minimum Gasteiger partial charge on any atom is -0.376 e. The third-order valence-electron chi connectivity index (χ3n) is 12.3. The van der Waals surface area contributed by atoms with Crippen LogP contribution >= 0.6 is 0 Å². The molecule has 0 heterocycles. The Kier molecular flexibility index (Phi) is 11.4. The molecule has 6 nitrogen and oxygen atoms in total. The summed E-state index contributed by atoms with van der Waals surface area (Å²) in [5, 5.41) is 5.98. The molecule has 1 atom stereocenters. The number of nitrogens with zero attached hydrogens (tertiary/aromatic N) is 6. The average Bonchev–Trinajstić information content (AvgIpc) is 3.22. The highest BCUT2D eigenvalue weighted by molar-refractivity contribution is 7.18. The average molecular weight is 723 g/mol. The number of allylic oxidation sites excluding steroid dienone is 4. The fourth-order valence-corrected chi connectivity index (χ4v) is 16.1. The van der Waals surface area contributed by atoms with E-state index in [4.69, 9.17) is 0 Å². The Bertz CT molecular complexity index is 1780. The second-order valence-corrected chi connectivity index (χ2v) is 20.5. The first kappa shape index (κ1) is 40.9. The van der Waals surface area contributed by atoms with Gasteiger partial charge in [-0.2, -0.15) is 0 Å². The van der Waals surface area contributed by atoms with Gasteiger partial charge in [-0.1, -0.05) is 41.5 Å². The first-order valence-corrected chi connectivity index (χ1v) is 20.8. The molecule has 0 aliphatic heterocycles. The van der Waals surface area contributed by atoms with Crippen molar-refractivity contribution in [3.63, 3.8) is 0 Å². The smallest absolute Gasteiger partial charge is 0.183 e. The second kappa shape index (κ2) is 14.5. The normalized spacial score (nSPS) is 14.8. The van der Waals surface area contributed by atoms with Gasteiger partial charge in [-0.15, -0.1) is 0 Å². The van der Waals surface area contributed by atoms with E-state index in [0.717, 1.165) is 0 Å². The first-order chi connectivity index (χ1) is 24.0. The van der Waals surface area contributed by atoms with Gasteiger partial charge in [0, 0.05) is 84.6 Å². The van der Waals surface area contributed by atoms with Gasteiger partial charge in [-0.25, -0.2) is 0 Å². The lowest BCUT2D eigenvalue weighted by Gasteiger charge is -2.46. The van der Waals surface area contributed by atoms with Gasteiger partial charge < -0.3 is 29.4 Å². The van der Waals surface area contributed by atoms with E-state index >= 15 is 0 Å².